The Morgan fingerprint density at radius 3 is 2.46 bits per heavy atom. The van der Waals surface area contributed by atoms with Crippen molar-refractivity contribution in [1.82, 2.24) is 14.7 Å². The number of amides is 1. The number of nitrogens with zero attached hydrogens (tertiary/aromatic N) is 3. The highest BCUT2D eigenvalue weighted by atomic mass is 32.1. The quantitative estimate of drug-likeness (QED) is 0.582. The Morgan fingerprint density at radius 1 is 1.15 bits per heavy atom. The molecule has 2 aliphatic heterocycles. The Balaban J connectivity index is 1.59. The van der Waals surface area contributed by atoms with Gasteiger partial charge in [-0.15, -0.1) is 0 Å². The first-order chi connectivity index (χ1) is 12.4. The molecule has 0 aliphatic carbocycles. The van der Waals surface area contributed by atoms with Gasteiger partial charge in [0, 0.05) is 39.1 Å². The summed E-state index contributed by atoms with van der Waals surface area (Å²) in [6.45, 7) is 5.88. The van der Waals surface area contributed by atoms with Gasteiger partial charge in [-0.2, -0.15) is 0 Å². The van der Waals surface area contributed by atoms with Crippen LogP contribution >= 0.6 is 24.4 Å². The van der Waals surface area contributed by atoms with Gasteiger partial charge >= 0.3 is 0 Å². The highest BCUT2D eigenvalue weighted by Crippen LogP contribution is 2.22. The van der Waals surface area contributed by atoms with Crippen LogP contribution in [0.3, 0.4) is 0 Å². The largest absolute Gasteiger partial charge is 0.428 e. The van der Waals surface area contributed by atoms with Gasteiger partial charge in [0.05, 0.1) is 0 Å². The van der Waals surface area contributed by atoms with E-state index in [1.807, 2.05) is 42.2 Å². The highest BCUT2D eigenvalue weighted by molar-refractivity contribution is 7.82. The topological polar surface area (TPSA) is 36.0 Å². The molecule has 2 heterocycles. The zero-order valence-corrected chi connectivity index (χ0v) is 16.7. The van der Waals surface area contributed by atoms with E-state index < -0.39 is 0 Å². The smallest absolute Gasteiger partial charge is 0.270 e. The van der Waals surface area contributed by atoms with Crippen molar-refractivity contribution in [2.75, 3.05) is 39.8 Å². The number of carbonyl (C=O) groups excluding carboxylic acids is 1. The fourth-order valence-electron chi connectivity index (χ4n) is 2.93. The Morgan fingerprint density at radius 2 is 1.81 bits per heavy atom. The average Bonchev–Trinajstić information content (AvgIpc) is 2.89. The van der Waals surface area contributed by atoms with Crippen molar-refractivity contribution in [2.45, 2.75) is 13.3 Å². The third-order valence-corrected chi connectivity index (χ3v) is 5.38. The van der Waals surface area contributed by atoms with Gasteiger partial charge in [0.15, 0.2) is 10.7 Å². The number of benzene rings is 1. The normalized spacial score (nSPS) is 20.0. The van der Waals surface area contributed by atoms with Gasteiger partial charge in [-0.05, 0) is 37.8 Å². The lowest BCUT2D eigenvalue weighted by atomic mass is 10.1. The van der Waals surface area contributed by atoms with Crippen LogP contribution in [0.5, 0.6) is 0 Å². The minimum absolute atomic E-state index is 0.139. The van der Waals surface area contributed by atoms with Crippen LogP contribution < -0.4 is 0 Å². The van der Waals surface area contributed by atoms with Gasteiger partial charge in [-0.1, -0.05) is 42.0 Å². The van der Waals surface area contributed by atoms with Crippen LogP contribution in [0.2, 0.25) is 0 Å². The molecule has 1 aromatic carbocycles. The predicted molar refractivity (Wildman–Crippen MR) is 111 cm³/mol. The van der Waals surface area contributed by atoms with Crippen molar-refractivity contribution in [2.24, 2.45) is 0 Å². The summed E-state index contributed by atoms with van der Waals surface area (Å²) in [5.74, 6) is 0.709. The van der Waals surface area contributed by atoms with Crippen molar-refractivity contribution in [3.8, 4) is 0 Å². The van der Waals surface area contributed by atoms with Crippen LogP contribution in [0.15, 0.2) is 30.0 Å². The third-order valence-electron chi connectivity index (χ3n) is 4.65. The maximum atomic E-state index is 12.4. The van der Waals surface area contributed by atoms with Gasteiger partial charge in [0.1, 0.15) is 0 Å². The Hall–Kier alpha value is -1.83. The maximum Gasteiger partial charge on any atom is 0.270 e. The molecule has 1 aromatic rings. The molecule has 26 heavy (non-hydrogen) atoms. The summed E-state index contributed by atoms with van der Waals surface area (Å²) in [4.78, 5) is 18.8. The van der Waals surface area contributed by atoms with Crippen LogP contribution in [-0.2, 0) is 9.53 Å². The molecule has 1 amide bonds. The van der Waals surface area contributed by atoms with Crippen LogP contribution in [0.4, 0.5) is 0 Å². The van der Waals surface area contributed by atoms with Crippen molar-refractivity contribution < 1.29 is 9.53 Å². The summed E-state index contributed by atoms with van der Waals surface area (Å²) in [6, 6.07) is 8.10. The second-order valence-corrected chi connectivity index (χ2v) is 7.41. The van der Waals surface area contributed by atoms with E-state index in [0.29, 0.717) is 28.9 Å². The number of rotatable bonds is 4. The number of carbonyl (C=O) groups is 1. The minimum atomic E-state index is 0.139. The standard InChI is InChI=1S/C19H23N3O2S2/c1-14-3-5-15(6-4-14)13-16-18(25)22(19(26)24-16)8-7-17(23)21-11-9-20(2)10-12-21/h3-6,13H,7-12H2,1-2H3. The van der Waals surface area contributed by atoms with E-state index in [-0.39, 0.29) is 5.91 Å². The molecule has 2 saturated heterocycles. The SMILES string of the molecule is Cc1ccc(C=C2OC(=S)N(CCC(=O)N3CCN(C)CC3)C2=S)cc1. The molecule has 0 saturated carbocycles. The van der Waals surface area contributed by atoms with Gasteiger partial charge in [0.2, 0.25) is 5.91 Å². The number of hydrogen-bond donors (Lipinski definition) is 0. The molecule has 3 rings (SSSR count). The van der Waals surface area contributed by atoms with E-state index in [0.717, 1.165) is 31.7 Å². The van der Waals surface area contributed by atoms with Gasteiger partial charge in [0.25, 0.3) is 5.17 Å². The first-order valence-electron chi connectivity index (χ1n) is 8.72. The number of thiocarbonyl (C=S) groups is 2. The molecule has 0 aromatic heterocycles. The predicted octanol–water partition coefficient (Wildman–Crippen LogP) is 2.44. The van der Waals surface area contributed by atoms with Crippen LogP contribution in [-0.4, -0.2) is 70.5 Å². The molecule has 2 fully saturated rings. The molecule has 0 N–H and O–H groups in total. The van der Waals surface area contributed by atoms with Crippen molar-refractivity contribution in [1.29, 1.82) is 0 Å². The monoisotopic (exact) mass is 389 g/mol. The Kier molecular flexibility index (Phi) is 6.01. The Bertz CT molecular complexity index is 738. The number of likely N-dealkylation sites (N-methyl/N-ethyl adjacent to an activating group) is 1. The second kappa shape index (κ2) is 8.24. The first kappa shape index (κ1) is 18.9. The molecular weight excluding hydrogens is 366 g/mol. The molecule has 138 valence electrons. The number of piperazine rings is 1. The van der Waals surface area contributed by atoms with E-state index in [2.05, 4.69) is 11.9 Å². The minimum Gasteiger partial charge on any atom is -0.428 e. The molecule has 7 heteroatoms. The molecule has 2 aliphatic rings. The van der Waals surface area contributed by atoms with Crippen LogP contribution in [0, 0.1) is 6.92 Å². The molecular formula is C19H23N3O2S2. The van der Waals surface area contributed by atoms with E-state index in [4.69, 9.17) is 29.2 Å². The molecule has 5 nitrogen and oxygen atoms in total. The zero-order valence-electron chi connectivity index (χ0n) is 15.1. The summed E-state index contributed by atoms with van der Waals surface area (Å²) in [5, 5.41) is 0.319. The van der Waals surface area contributed by atoms with Crippen LogP contribution in [0.25, 0.3) is 6.08 Å². The highest BCUT2D eigenvalue weighted by Gasteiger charge is 2.30. The molecule has 0 unspecified atom stereocenters. The maximum absolute atomic E-state index is 12.4. The van der Waals surface area contributed by atoms with Gasteiger partial charge < -0.3 is 14.5 Å². The lowest BCUT2D eigenvalue weighted by molar-refractivity contribution is -0.132. The number of ether oxygens (including phenoxy) is 1. The fourth-order valence-corrected chi connectivity index (χ4v) is 3.53. The third kappa shape index (κ3) is 4.47. The summed E-state index contributed by atoms with van der Waals surface area (Å²) in [7, 11) is 2.07. The second-order valence-electron chi connectivity index (χ2n) is 6.68. The average molecular weight is 390 g/mol. The summed E-state index contributed by atoms with van der Waals surface area (Å²) < 4.78 is 5.66. The summed E-state index contributed by atoms with van der Waals surface area (Å²) >= 11 is 10.8. The van der Waals surface area contributed by atoms with E-state index in [1.165, 1.54) is 5.56 Å². The lowest BCUT2D eigenvalue weighted by Gasteiger charge is -2.32. The van der Waals surface area contributed by atoms with E-state index >= 15 is 0 Å². The molecule has 0 bridgehead atoms. The number of hydrogen-bond acceptors (Lipinski definition) is 5. The fraction of sp³-hybridized carbons (Fsp3) is 0.421. The van der Waals surface area contributed by atoms with E-state index in [9.17, 15) is 4.79 Å². The van der Waals surface area contributed by atoms with Crippen molar-refractivity contribution in [3.05, 3.63) is 41.2 Å². The summed E-state index contributed by atoms with van der Waals surface area (Å²) in [6.07, 6.45) is 2.27. The Labute approximate surface area is 165 Å². The lowest BCUT2D eigenvalue weighted by Crippen LogP contribution is -2.47. The molecule has 0 atom stereocenters. The van der Waals surface area contributed by atoms with Crippen molar-refractivity contribution in [3.63, 3.8) is 0 Å². The zero-order chi connectivity index (χ0) is 18.7. The number of aryl methyl sites for hydroxylation is 1. The van der Waals surface area contributed by atoms with Crippen molar-refractivity contribution >= 4 is 46.6 Å². The first-order valence-corrected chi connectivity index (χ1v) is 9.54. The van der Waals surface area contributed by atoms with Gasteiger partial charge in [-0.3, -0.25) is 9.69 Å². The molecule has 0 radical (unpaired) electrons. The van der Waals surface area contributed by atoms with Gasteiger partial charge in [-0.25, -0.2) is 0 Å². The summed E-state index contributed by atoms with van der Waals surface area (Å²) in [5.41, 5.74) is 2.20. The van der Waals surface area contributed by atoms with E-state index in [1.54, 1.807) is 4.90 Å². The molecule has 0 spiro atoms. The van der Waals surface area contributed by atoms with Crippen LogP contribution in [0.1, 0.15) is 17.5 Å².